The van der Waals surface area contributed by atoms with E-state index in [2.05, 4.69) is 38.8 Å². The predicted molar refractivity (Wildman–Crippen MR) is 78.0 cm³/mol. The summed E-state index contributed by atoms with van der Waals surface area (Å²) in [6.45, 7) is 8.60. The van der Waals surface area contributed by atoms with Crippen molar-refractivity contribution in [1.29, 1.82) is 0 Å². The lowest BCUT2D eigenvalue weighted by molar-refractivity contribution is 0.174. The van der Waals surface area contributed by atoms with Gasteiger partial charge in [0.25, 0.3) is 0 Å². The van der Waals surface area contributed by atoms with Crippen LogP contribution >= 0.6 is 0 Å². The first-order valence-corrected chi connectivity index (χ1v) is 6.74. The summed E-state index contributed by atoms with van der Waals surface area (Å²) in [5.41, 5.74) is 8.27. The van der Waals surface area contributed by atoms with Crippen molar-refractivity contribution < 1.29 is 9.47 Å². The molecule has 0 saturated heterocycles. The maximum absolute atomic E-state index is 5.68. The zero-order valence-electron chi connectivity index (χ0n) is 12.3. The summed E-state index contributed by atoms with van der Waals surface area (Å²) in [4.78, 5) is 2.27. The number of fused-ring (bicyclic) bond motifs is 1. The minimum atomic E-state index is 0.201. The highest BCUT2D eigenvalue weighted by Crippen LogP contribution is 2.38. The fourth-order valence-corrected chi connectivity index (χ4v) is 2.64. The first kappa shape index (κ1) is 14.0. The molecule has 4 nitrogen and oxygen atoms in total. The van der Waals surface area contributed by atoms with Crippen LogP contribution in [0.25, 0.3) is 0 Å². The van der Waals surface area contributed by atoms with E-state index in [1.807, 2.05) is 6.07 Å². The lowest BCUT2D eigenvalue weighted by Gasteiger charge is -2.32. The topological polar surface area (TPSA) is 47.7 Å². The van der Waals surface area contributed by atoms with E-state index in [0.717, 1.165) is 31.0 Å². The van der Waals surface area contributed by atoms with Crippen LogP contribution in [-0.2, 0) is 0 Å². The van der Waals surface area contributed by atoms with Crippen LogP contribution in [0.5, 0.6) is 11.5 Å². The van der Waals surface area contributed by atoms with Crippen molar-refractivity contribution in [3.63, 3.8) is 0 Å². The van der Waals surface area contributed by atoms with E-state index < -0.39 is 0 Å². The van der Waals surface area contributed by atoms with Crippen LogP contribution in [0.1, 0.15) is 25.8 Å². The van der Waals surface area contributed by atoms with Gasteiger partial charge in [0.15, 0.2) is 11.5 Å². The van der Waals surface area contributed by atoms with Crippen LogP contribution in [0.3, 0.4) is 0 Å². The van der Waals surface area contributed by atoms with E-state index in [1.165, 1.54) is 11.3 Å². The minimum absolute atomic E-state index is 0.201. The zero-order chi connectivity index (χ0) is 14.0. The zero-order valence-corrected chi connectivity index (χ0v) is 12.3. The molecular weight excluding hydrogens is 240 g/mol. The Bertz CT molecular complexity index is 458. The second-order valence-corrected chi connectivity index (χ2v) is 6.05. The third kappa shape index (κ3) is 3.13. The van der Waals surface area contributed by atoms with Gasteiger partial charge in [-0.1, -0.05) is 13.8 Å². The SMILES string of the molecule is Cc1cc2c(cc1N(C)CC(C)(C)CCN)OCO2. The molecule has 0 amide bonds. The highest BCUT2D eigenvalue weighted by Gasteiger charge is 2.22. The first-order valence-electron chi connectivity index (χ1n) is 6.74. The molecule has 1 aromatic rings. The summed E-state index contributed by atoms with van der Waals surface area (Å²) >= 11 is 0. The average Bonchev–Trinajstić information content (AvgIpc) is 2.73. The third-order valence-corrected chi connectivity index (χ3v) is 3.59. The van der Waals surface area contributed by atoms with Crippen molar-refractivity contribution in [3.05, 3.63) is 17.7 Å². The molecule has 0 unspecified atom stereocenters. The molecule has 1 aliphatic heterocycles. The Morgan fingerprint density at radius 3 is 2.53 bits per heavy atom. The van der Waals surface area contributed by atoms with Gasteiger partial charge in [-0.2, -0.15) is 0 Å². The molecule has 1 aromatic carbocycles. The van der Waals surface area contributed by atoms with E-state index in [4.69, 9.17) is 15.2 Å². The van der Waals surface area contributed by atoms with Gasteiger partial charge in [-0.3, -0.25) is 0 Å². The fraction of sp³-hybridized carbons (Fsp3) is 0.600. The summed E-state index contributed by atoms with van der Waals surface area (Å²) in [5.74, 6) is 1.68. The number of anilines is 1. The van der Waals surface area contributed by atoms with Crippen LogP contribution in [0, 0.1) is 12.3 Å². The first-order chi connectivity index (χ1) is 8.93. The Morgan fingerprint density at radius 1 is 1.26 bits per heavy atom. The molecular formula is C15H24N2O2. The molecule has 1 aliphatic rings. The molecule has 4 heteroatoms. The lowest BCUT2D eigenvalue weighted by Crippen LogP contribution is -2.33. The van der Waals surface area contributed by atoms with Gasteiger partial charge in [-0.15, -0.1) is 0 Å². The van der Waals surface area contributed by atoms with Crippen molar-refractivity contribution in [1.82, 2.24) is 0 Å². The van der Waals surface area contributed by atoms with E-state index >= 15 is 0 Å². The maximum Gasteiger partial charge on any atom is 0.231 e. The molecule has 0 aliphatic carbocycles. The second-order valence-electron chi connectivity index (χ2n) is 6.05. The van der Waals surface area contributed by atoms with Crippen molar-refractivity contribution in [2.75, 3.05) is 31.8 Å². The number of rotatable bonds is 5. The average molecular weight is 264 g/mol. The highest BCUT2D eigenvalue weighted by molar-refractivity contribution is 5.62. The van der Waals surface area contributed by atoms with Crippen LogP contribution < -0.4 is 20.1 Å². The fourth-order valence-electron chi connectivity index (χ4n) is 2.64. The van der Waals surface area contributed by atoms with Gasteiger partial charge in [-0.05, 0) is 36.9 Å². The predicted octanol–water partition coefficient (Wildman–Crippen LogP) is 2.53. The van der Waals surface area contributed by atoms with E-state index in [0.29, 0.717) is 6.79 Å². The molecule has 1 heterocycles. The van der Waals surface area contributed by atoms with Crippen molar-refractivity contribution in [3.8, 4) is 11.5 Å². The Kier molecular flexibility index (Phi) is 3.90. The lowest BCUT2D eigenvalue weighted by atomic mass is 9.88. The van der Waals surface area contributed by atoms with E-state index in [1.54, 1.807) is 0 Å². The summed E-state index contributed by atoms with van der Waals surface area (Å²) in [5, 5.41) is 0. The summed E-state index contributed by atoms with van der Waals surface area (Å²) in [6, 6.07) is 4.11. The number of nitrogens with zero attached hydrogens (tertiary/aromatic N) is 1. The number of ether oxygens (including phenoxy) is 2. The molecule has 2 N–H and O–H groups in total. The van der Waals surface area contributed by atoms with Crippen molar-refractivity contribution in [2.45, 2.75) is 27.2 Å². The molecule has 0 spiro atoms. The van der Waals surface area contributed by atoms with E-state index in [9.17, 15) is 0 Å². The van der Waals surface area contributed by atoms with Crippen LogP contribution in [-0.4, -0.2) is 26.9 Å². The van der Waals surface area contributed by atoms with Crippen molar-refractivity contribution in [2.24, 2.45) is 11.1 Å². The quantitative estimate of drug-likeness (QED) is 0.888. The second kappa shape index (κ2) is 5.29. The Hall–Kier alpha value is -1.42. The normalized spacial score (nSPS) is 13.7. The molecule has 0 saturated carbocycles. The highest BCUT2D eigenvalue weighted by atomic mass is 16.7. The van der Waals surface area contributed by atoms with Gasteiger partial charge >= 0.3 is 0 Å². The molecule has 19 heavy (non-hydrogen) atoms. The van der Waals surface area contributed by atoms with Gasteiger partial charge in [-0.25, -0.2) is 0 Å². The summed E-state index contributed by atoms with van der Waals surface area (Å²) in [7, 11) is 2.11. The number of benzene rings is 1. The van der Waals surface area contributed by atoms with Gasteiger partial charge in [0.1, 0.15) is 0 Å². The van der Waals surface area contributed by atoms with Crippen molar-refractivity contribution >= 4 is 5.69 Å². The van der Waals surface area contributed by atoms with Gasteiger partial charge in [0.2, 0.25) is 6.79 Å². The van der Waals surface area contributed by atoms with Crippen LogP contribution in [0.2, 0.25) is 0 Å². The largest absolute Gasteiger partial charge is 0.454 e. The molecule has 0 atom stereocenters. The molecule has 0 bridgehead atoms. The van der Waals surface area contributed by atoms with Gasteiger partial charge < -0.3 is 20.1 Å². The number of nitrogens with two attached hydrogens (primary N) is 1. The monoisotopic (exact) mass is 264 g/mol. The van der Waals surface area contributed by atoms with Crippen LogP contribution in [0.4, 0.5) is 5.69 Å². The summed E-state index contributed by atoms with van der Waals surface area (Å²) < 4.78 is 10.8. The Morgan fingerprint density at radius 2 is 1.89 bits per heavy atom. The van der Waals surface area contributed by atoms with Gasteiger partial charge in [0, 0.05) is 25.3 Å². The molecule has 106 valence electrons. The molecule has 0 aromatic heterocycles. The third-order valence-electron chi connectivity index (χ3n) is 3.59. The number of aryl methyl sites for hydroxylation is 1. The smallest absolute Gasteiger partial charge is 0.231 e. The summed E-state index contributed by atoms with van der Waals surface area (Å²) in [6.07, 6.45) is 1.01. The number of hydrogen-bond acceptors (Lipinski definition) is 4. The standard InChI is InChI=1S/C15H24N2O2/c1-11-7-13-14(19-10-18-13)8-12(11)17(4)9-15(2,3)5-6-16/h7-8H,5-6,9-10,16H2,1-4H3. The Labute approximate surface area is 115 Å². The maximum atomic E-state index is 5.68. The Balaban J connectivity index is 2.17. The molecule has 0 radical (unpaired) electrons. The van der Waals surface area contributed by atoms with Crippen LogP contribution in [0.15, 0.2) is 12.1 Å². The minimum Gasteiger partial charge on any atom is -0.454 e. The molecule has 2 rings (SSSR count). The van der Waals surface area contributed by atoms with Gasteiger partial charge in [0.05, 0.1) is 0 Å². The van der Waals surface area contributed by atoms with E-state index in [-0.39, 0.29) is 5.41 Å². The molecule has 0 fully saturated rings. The number of hydrogen-bond donors (Lipinski definition) is 1.